The molecule has 174 valence electrons. The number of hydrogen-bond donors (Lipinski definition) is 1. The molecule has 0 aliphatic heterocycles. The fourth-order valence-electron chi connectivity index (χ4n) is 3.57. The molecule has 0 rings (SSSR count). The Labute approximate surface area is 195 Å². The van der Waals surface area contributed by atoms with Crippen molar-refractivity contribution >= 4 is 36.4 Å². The zero-order valence-electron chi connectivity index (χ0n) is 19.0. The van der Waals surface area contributed by atoms with Crippen molar-refractivity contribution in [3.8, 4) is 0 Å². The van der Waals surface area contributed by atoms with Crippen molar-refractivity contribution < 1.29 is 0 Å². The quantitative estimate of drug-likeness (QED) is 0.130. The number of rotatable bonds is 22. The highest BCUT2D eigenvalue weighted by molar-refractivity contribution is 6.17. The summed E-state index contributed by atoms with van der Waals surface area (Å²) in [5.41, 5.74) is 0. The maximum atomic E-state index is 5.71. The lowest BCUT2D eigenvalue weighted by molar-refractivity contribution is 0.316. The van der Waals surface area contributed by atoms with Crippen LogP contribution in [-0.4, -0.2) is 44.5 Å². The summed E-state index contributed by atoms with van der Waals surface area (Å²) in [5.74, 6) is 0.820. The minimum absolute atomic E-state index is 0. The molecule has 0 aliphatic carbocycles. The van der Waals surface area contributed by atoms with Crippen molar-refractivity contribution in [3.05, 3.63) is 0 Å². The van der Waals surface area contributed by atoms with E-state index in [1.165, 1.54) is 129 Å². The van der Waals surface area contributed by atoms with Crippen molar-refractivity contribution in [1.82, 2.24) is 10.2 Å². The van der Waals surface area contributed by atoms with Gasteiger partial charge in [0.05, 0.1) is 0 Å². The molecule has 0 bridgehead atoms. The molecular weight excluding hydrogens is 411 g/mol. The van der Waals surface area contributed by atoms with Crippen LogP contribution in [0, 0.1) is 0 Å². The first-order valence-electron chi connectivity index (χ1n) is 11.7. The Hall–Kier alpha value is 0.790. The number of nitrogens with one attached hydrogen (secondary N) is 1. The van der Waals surface area contributed by atoms with Gasteiger partial charge in [-0.25, -0.2) is 0 Å². The number of hydrogen-bond acceptors (Lipinski definition) is 2. The summed E-state index contributed by atoms with van der Waals surface area (Å²) in [5, 5.41) is 3.22. The highest BCUT2D eigenvalue weighted by atomic mass is 35.5. The Morgan fingerprint density at radius 1 is 0.536 bits per heavy atom. The van der Waals surface area contributed by atoms with E-state index in [4.69, 9.17) is 11.6 Å². The zero-order chi connectivity index (χ0) is 19.1. The van der Waals surface area contributed by atoms with Gasteiger partial charge in [-0.1, -0.05) is 83.5 Å². The Bertz CT molecular complexity index is 256. The Morgan fingerprint density at radius 3 is 1.21 bits per heavy atom. The second kappa shape index (κ2) is 30.0. The van der Waals surface area contributed by atoms with E-state index in [-0.39, 0.29) is 24.8 Å². The minimum Gasteiger partial charge on any atom is -0.320 e. The fourth-order valence-corrected chi connectivity index (χ4v) is 3.76. The summed E-state index contributed by atoms with van der Waals surface area (Å²) in [6.07, 6.45) is 23.8. The van der Waals surface area contributed by atoms with Gasteiger partial charge in [0, 0.05) is 5.88 Å². The lowest BCUT2D eigenvalue weighted by Gasteiger charge is -2.16. The SMILES string of the molecule is CNCCCCCCCCCCCCCCCCN(C)CCCCCCl.Cl.Cl. The molecule has 0 atom stereocenters. The van der Waals surface area contributed by atoms with E-state index in [9.17, 15) is 0 Å². The van der Waals surface area contributed by atoms with Crippen molar-refractivity contribution in [2.24, 2.45) is 0 Å². The van der Waals surface area contributed by atoms with Crippen LogP contribution in [0.2, 0.25) is 0 Å². The van der Waals surface area contributed by atoms with Gasteiger partial charge in [-0.3, -0.25) is 0 Å². The summed E-state index contributed by atoms with van der Waals surface area (Å²) in [6.45, 7) is 3.70. The van der Waals surface area contributed by atoms with Gasteiger partial charge in [0.1, 0.15) is 0 Å². The molecule has 0 aromatic carbocycles. The summed E-state index contributed by atoms with van der Waals surface area (Å²) >= 11 is 5.71. The molecule has 0 fully saturated rings. The van der Waals surface area contributed by atoms with Crippen LogP contribution in [0.1, 0.15) is 109 Å². The molecule has 0 saturated heterocycles. The largest absolute Gasteiger partial charge is 0.320 e. The molecule has 0 spiro atoms. The van der Waals surface area contributed by atoms with Gasteiger partial charge in [0.2, 0.25) is 0 Å². The van der Waals surface area contributed by atoms with Gasteiger partial charge in [-0.15, -0.1) is 36.4 Å². The first kappa shape index (κ1) is 33.4. The van der Waals surface area contributed by atoms with E-state index in [0.717, 1.165) is 5.88 Å². The molecule has 0 aliphatic rings. The van der Waals surface area contributed by atoms with Crippen LogP contribution >= 0.6 is 36.4 Å². The highest BCUT2D eigenvalue weighted by Crippen LogP contribution is 2.13. The number of halogens is 3. The smallest absolute Gasteiger partial charge is 0.0223 e. The predicted molar refractivity (Wildman–Crippen MR) is 135 cm³/mol. The lowest BCUT2D eigenvalue weighted by atomic mass is 10.0. The van der Waals surface area contributed by atoms with Crippen molar-refractivity contribution in [2.75, 3.05) is 39.6 Å². The Kier molecular flexibility index (Phi) is 35.8. The van der Waals surface area contributed by atoms with Gasteiger partial charge in [0.25, 0.3) is 0 Å². The lowest BCUT2D eigenvalue weighted by Crippen LogP contribution is -2.20. The van der Waals surface area contributed by atoms with Gasteiger partial charge in [-0.05, 0) is 59.4 Å². The number of nitrogens with zero attached hydrogens (tertiary/aromatic N) is 1. The molecule has 0 saturated carbocycles. The Morgan fingerprint density at radius 2 is 0.857 bits per heavy atom. The van der Waals surface area contributed by atoms with E-state index in [2.05, 4.69) is 17.3 Å². The second-order valence-corrected chi connectivity index (χ2v) is 8.48. The minimum atomic E-state index is 0. The van der Waals surface area contributed by atoms with Crippen molar-refractivity contribution in [3.63, 3.8) is 0 Å². The maximum Gasteiger partial charge on any atom is 0.0223 e. The Balaban J connectivity index is -0.00000312. The van der Waals surface area contributed by atoms with Crippen LogP contribution in [0.3, 0.4) is 0 Å². The average Bonchev–Trinajstić information content (AvgIpc) is 2.65. The maximum absolute atomic E-state index is 5.71. The molecule has 5 heteroatoms. The molecular formula is C23H51Cl3N2. The highest BCUT2D eigenvalue weighted by Gasteiger charge is 1.99. The number of alkyl halides is 1. The molecule has 0 amide bonds. The molecule has 0 aromatic rings. The van der Waals surface area contributed by atoms with E-state index < -0.39 is 0 Å². The van der Waals surface area contributed by atoms with Crippen LogP contribution < -0.4 is 5.32 Å². The first-order chi connectivity index (χ1) is 12.8. The summed E-state index contributed by atoms with van der Waals surface area (Å²) in [6, 6.07) is 0. The first-order valence-corrected chi connectivity index (χ1v) is 12.2. The fraction of sp³-hybridized carbons (Fsp3) is 1.00. The van der Waals surface area contributed by atoms with E-state index in [1.807, 2.05) is 7.05 Å². The molecule has 1 N–H and O–H groups in total. The van der Waals surface area contributed by atoms with E-state index in [1.54, 1.807) is 0 Å². The van der Waals surface area contributed by atoms with Crippen LogP contribution in [0.25, 0.3) is 0 Å². The molecule has 0 unspecified atom stereocenters. The molecule has 28 heavy (non-hydrogen) atoms. The third-order valence-electron chi connectivity index (χ3n) is 5.39. The normalized spacial score (nSPS) is 10.7. The van der Waals surface area contributed by atoms with Crippen LogP contribution in [0.15, 0.2) is 0 Å². The second-order valence-electron chi connectivity index (χ2n) is 8.11. The molecule has 0 radical (unpaired) electrons. The summed E-state index contributed by atoms with van der Waals surface area (Å²) in [4.78, 5) is 2.49. The monoisotopic (exact) mass is 460 g/mol. The van der Waals surface area contributed by atoms with Crippen molar-refractivity contribution in [1.29, 1.82) is 0 Å². The third kappa shape index (κ3) is 29.0. The third-order valence-corrected chi connectivity index (χ3v) is 5.66. The van der Waals surface area contributed by atoms with E-state index >= 15 is 0 Å². The van der Waals surface area contributed by atoms with Gasteiger partial charge >= 0.3 is 0 Å². The van der Waals surface area contributed by atoms with Crippen LogP contribution in [0.4, 0.5) is 0 Å². The molecule has 2 nitrogen and oxygen atoms in total. The van der Waals surface area contributed by atoms with Gasteiger partial charge < -0.3 is 10.2 Å². The standard InChI is InChI=1S/C23H49ClN2.2ClH/c1-25-21-17-13-11-9-7-5-3-4-6-8-10-12-14-18-22-26(2)23-19-15-16-20-24;;/h25H,3-23H2,1-2H3;2*1H. The summed E-state index contributed by atoms with van der Waals surface area (Å²) < 4.78 is 0. The predicted octanol–water partition coefficient (Wildman–Crippen LogP) is 7.85. The van der Waals surface area contributed by atoms with Crippen LogP contribution in [-0.2, 0) is 0 Å². The topological polar surface area (TPSA) is 15.3 Å². The molecule has 0 aromatic heterocycles. The molecule has 0 heterocycles. The van der Waals surface area contributed by atoms with E-state index in [0.29, 0.717) is 0 Å². The van der Waals surface area contributed by atoms with Gasteiger partial charge in [0.15, 0.2) is 0 Å². The summed E-state index contributed by atoms with van der Waals surface area (Å²) in [7, 11) is 4.31. The number of unbranched alkanes of at least 4 members (excludes halogenated alkanes) is 15. The van der Waals surface area contributed by atoms with Crippen LogP contribution in [0.5, 0.6) is 0 Å². The van der Waals surface area contributed by atoms with Crippen molar-refractivity contribution in [2.45, 2.75) is 109 Å². The average molecular weight is 462 g/mol. The zero-order valence-corrected chi connectivity index (χ0v) is 21.4. The van der Waals surface area contributed by atoms with Gasteiger partial charge in [-0.2, -0.15) is 0 Å².